The molecule has 1 aromatic carbocycles. The summed E-state index contributed by atoms with van der Waals surface area (Å²) in [7, 11) is 0. The second-order valence-electron chi connectivity index (χ2n) is 4.97. The summed E-state index contributed by atoms with van der Waals surface area (Å²) in [5, 5.41) is 4.69. The number of rotatable bonds is 3. The maximum absolute atomic E-state index is 4.87. The van der Waals surface area contributed by atoms with Crippen LogP contribution in [0.1, 0.15) is 36.9 Å². The number of nitrogens with zero attached hydrogens (tertiary/aromatic N) is 1. The standard InChI is InChI=1S/C15H17BrN2/c1-3-17-14-8-13(10-4-5-10)18-15-9(2)12(16)7-6-11(14)15/h6-8,10H,3-5H2,1-2H3,(H,17,18). The fourth-order valence-corrected chi connectivity index (χ4v) is 2.67. The van der Waals surface area contributed by atoms with Gasteiger partial charge in [-0.25, -0.2) is 0 Å². The Morgan fingerprint density at radius 3 is 2.83 bits per heavy atom. The number of halogens is 1. The molecule has 3 heteroatoms. The number of fused-ring (bicyclic) bond motifs is 1. The first-order valence-corrected chi connectivity index (χ1v) is 7.33. The van der Waals surface area contributed by atoms with E-state index in [4.69, 9.17) is 4.98 Å². The molecule has 0 aliphatic heterocycles. The molecule has 2 nitrogen and oxygen atoms in total. The first-order valence-electron chi connectivity index (χ1n) is 6.54. The molecular formula is C15H17BrN2. The quantitative estimate of drug-likeness (QED) is 0.895. The summed E-state index contributed by atoms with van der Waals surface area (Å²) < 4.78 is 1.14. The van der Waals surface area contributed by atoms with Crippen molar-refractivity contribution < 1.29 is 0 Å². The van der Waals surface area contributed by atoms with E-state index in [9.17, 15) is 0 Å². The van der Waals surface area contributed by atoms with E-state index in [1.54, 1.807) is 0 Å². The zero-order valence-corrected chi connectivity index (χ0v) is 12.3. The number of hydrogen-bond acceptors (Lipinski definition) is 2. The minimum atomic E-state index is 0.685. The lowest BCUT2D eigenvalue weighted by Gasteiger charge is -2.12. The lowest BCUT2D eigenvalue weighted by atomic mass is 10.1. The third-order valence-corrected chi connectivity index (χ3v) is 4.41. The van der Waals surface area contributed by atoms with E-state index in [2.05, 4.69) is 53.3 Å². The van der Waals surface area contributed by atoms with Crippen LogP contribution in [0.2, 0.25) is 0 Å². The Labute approximate surface area is 116 Å². The van der Waals surface area contributed by atoms with Crippen LogP contribution in [0.4, 0.5) is 5.69 Å². The zero-order valence-electron chi connectivity index (χ0n) is 10.8. The Morgan fingerprint density at radius 2 is 2.17 bits per heavy atom. The fourth-order valence-electron chi connectivity index (χ4n) is 2.35. The lowest BCUT2D eigenvalue weighted by Crippen LogP contribution is -2.01. The van der Waals surface area contributed by atoms with Crippen LogP contribution in [-0.4, -0.2) is 11.5 Å². The number of nitrogens with one attached hydrogen (secondary N) is 1. The molecule has 94 valence electrons. The predicted octanol–water partition coefficient (Wildman–Crippen LogP) is 4.61. The molecule has 0 spiro atoms. The molecule has 0 bridgehead atoms. The highest BCUT2D eigenvalue weighted by Crippen LogP contribution is 2.41. The van der Waals surface area contributed by atoms with Crippen molar-refractivity contribution in [2.45, 2.75) is 32.6 Å². The van der Waals surface area contributed by atoms with E-state index >= 15 is 0 Å². The van der Waals surface area contributed by atoms with Crippen LogP contribution in [0, 0.1) is 6.92 Å². The first kappa shape index (κ1) is 12.0. The van der Waals surface area contributed by atoms with Gasteiger partial charge in [-0.05, 0) is 50.5 Å². The Hall–Kier alpha value is -1.09. The van der Waals surface area contributed by atoms with Crippen molar-refractivity contribution in [2.75, 3.05) is 11.9 Å². The number of aromatic nitrogens is 1. The molecule has 1 heterocycles. The third-order valence-electron chi connectivity index (χ3n) is 3.55. The molecule has 0 atom stereocenters. The molecule has 1 aliphatic carbocycles. The molecule has 0 unspecified atom stereocenters. The van der Waals surface area contributed by atoms with Crippen molar-refractivity contribution >= 4 is 32.5 Å². The van der Waals surface area contributed by atoms with Gasteiger partial charge in [-0.2, -0.15) is 0 Å². The normalized spacial score (nSPS) is 15.1. The highest BCUT2D eigenvalue weighted by molar-refractivity contribution is 9.10. The molecular weight excluding hydrogens is 288 g/mol. The van der Waals surface area contributed by atoms with Crippen molar-refractivity contribution in [3.8, 4) is 0 Å². The van der Waals surface area contributed by atoms with Crippen molar-refractivity contribution in [3.05, 3.63) is 33.9 Å². The van der Waals surface area contributed by atoms with E-state index in [1.165, 1.54) is 35.2 Å². The highest BCUT2D eigenvalue weighted by Gasteiger charge is 2.26. The molecule has 0 radical (unpaired) electrons. The summed E-state index contributed by atoms with van der Waals surface area (Å²) in [4.78, 5) is 4.87. The second kappa shape index (κ2) is 4.54. The summed E-state index contributed by atoms with van der Waals surface area (Å²) in [6.45, 7) is 5.21. The number of pyridine rings is 1. The molecule has 2 aromatic rings. The summed E-state index contributed by atoms with van der Waals surface area (Å²) >= 11 is 3.60. The summed E-state index contributed by atoms with van der Waals surface area (Å²) in [6, 6.07) is 6.49. The van der Waals surface area contributed by atoms with Crippen LogP contribution in [0.25, 0.3) is 10.9 Å². The Kier molecular flexibility index (Phi) is 3.02. The van der Waals surface area contributed by atoms with Gasteiger partial charge in [0, 0.05) is 33.7 Å². The Balaban J connectivity index is 2.26. The molecule has 1 aromatic heterocycles. The average molecular weight is 305 g/mol. The minimum absolute atomic E-state index is 0.685. The van der Waals surface area contributed by atoms with Gasteiger partial charge in [-0.15, -0.1) is 0 Å². The fraction of sp³-hybridized carbons (Fsp3) is 0.400. The first-order chi connectivity index (χ1) is 8.70. The van der Waals surface area contributed by atoms with Gasteiger partial charge in [-0.3, -0.25) is 4.98 Å². The van der Waals surface area contributed by atoms with Crippen LogP contribution in [0.15, 0.2) is 22.7 Å². The summed E-state index contributed by atoms with van der Waals surface area (Å²) in [5.41, 5.74) is 4.83. The number of hydrogen-bond donors (Lipinski definition) is 1. The van der Waals surface area contributed by atoms with E-state index < -0.39 is 0 Å². The SMILES string of the molecule is CCNc1cc(C2CC2)nc2c(C)c(Br)ccc12. The smallest absolute Gasteiger partial charge is 0.0766 e. The van der Waals surface area contributed by atoms with Gasteiger partial charge in [0.15, 0.2) is 0 Å². The molecule has 0 saturated heterocycles. The minimum Gasteiger partial charge on any atom is -0.385 e. The van der Waals surface area contributed by atoms with E-state index in [0.29, 0.717) is 5.92 Å². The monoisotopic (exact) mass is 304 g/mol. The maximum atomic E-state index is 4.87. The van der Waals surface area contributed by atoms with Crippen molar-refractivity contribution in [2.24, 2.45) is 0 Å². The molecule has 0 amide bonds. The van der Waals surface area contributed by atoms with Gasteiger partial charge in [-0.1, -0.05) is 15.9 Å². The Bertz CT molecular complexity index is 603. The average Bonchev–Trinajstić information content (AvgIpc) is 3.18. The van der Waals surface area contributed by atoms with Crippen molar-refractivity contribution in [1.29, 1.82) is 0 Å². The summed E-state index contributed by atoms with van der Waals surface area (Å²) in [6.07, 6.45) is 2.58. The summed E-state index contributed by atoms with van der Waals surface area (Å²) in [5.74, 6) is 0.685. The predicted molar refractivity (Wildman–Crippen MR) is 80.3 cm³/mol. The van der Waals surface area contributed by atoms with Gasteiger partial charge in [0.25, 0.3) is 0 Å². The molecule has 1 saturated carbocycles. The van der Waals surface area contributed by atoms with Gasteiger partial charge in [0.05, 0.1) is 5.52 Å². The Morgan fingerprint density at radius 1 is 1.39 bits per heavy atom. The number of aryl methyl sites for hydroxylation is 1. The molecule has 1 N–H and O–H groups in total. The third kappa shape index (κ3) is 2.01. The molecule has 1 fully saturated rings. The molecule has 18 heavy (non-hydrogen) atoms. The highest BCUT2D eigenvalue weighted by atomic mass is 79.9. The van der Waals surface area contributed by atoms with Gasteiger partial charge in [0.1, 0.15) is 0 Å². The molecule has 1 aliphatic rings. The van der Waals surface area contributed by atoms with Crippen molar-refractivity contribution in [1.82, 2.24) is 4.98 Å². The van der Waals surface area contributed by atoms with Gasteiger partial charge < -0.3 is 5.32 Å². The van der Waals surface area contributed by atoms with Crippen LogP contribution < -0.4 is 5.32 Å². The van der Waals surface area contributed by atoms with E-state index in [-0.39, 0.29) is 0 Å². The topological polar surface area (TPSA) is 24.9 Å². The number of anilines is 1. The van der Waals surface area contributed by atoms with E-state index in [0.717, 1.165) is 16.5 Å². The maximum Gasteiger partial charge on any atom is 0.0766 e. The lowest BCUT2D eigenvalue weighted by molar-refractivity contribution is 1.04. The van der Waals surface area contributed by atoms with Crippen LogP contribution in [-0.2, 0) is 0 Å². The van der Waals surface area contributed by atoms with Crippen LogP contribution in [0.3, 0.4) is 0 Å². The molecule has 3 rings (SSSR count). The van der Waals surface area contributed by atoms with Crippen LogP contribution >= 0.6 is 15.9 Å². The second-order valence-corrected chi connectivity index (χ2v) is 5.82. The number of benzene rings is 1. The van der Waals surface area contributed by atoms with Gasteiger partial charge in [0.2, 0.25) is 0 Å². The van der Waals surface area contributed by atoms with Crippen LogP contribution in [0.5, 0.6) is 0 Å². The largest absolute Gasteiger partial charge is 0.385 e. The zero-order chi connectivity index (χ0) is 12.7. The van der Waals surface area contributed by atoms with E-state index in [1.807, 2.05) is 0 Å². The van der Waals surface area contributed by atoms with Gasteiger partial charge >= 0.3 is 0 Å². The van der Waals surface area contributed by atoms with Crippen molar-refractivity contribution in [3.63, 3.8) is 0 Å².